The van der Waals surface area contributed by atoms with Crippen LogP contribution in [-0.2, 0) is 0 Å². The maximum atomic E-state index is 13.7. The highest BCUT2D eigenvalue weighted by Gasteiger charge is 2.25. The van der Waals surface area contributed by atoms with Crippen LogP contribution >= 0.6 is 0 Å². The molecule has 3 aromatic rings. The number of amides is 1. The Labute approximate surface area is 163 Å². The number of ether oxygens (including phenoxy) is 1. The molecular formula is C22H22FN3O2. The SMILES string of the molecule is O=C(c1ccc(-c2ccn[nH]2)cc1)N1CCC[C@@H](COc2ccccc2F)C1. The highest BCUT2D eigenvalue weighted by Crippen LogP contribution is 2.23. The number of halogens is 1. The second kappa shape index (κ2) is 8.25. The monoisotopic (exact) mass is 379 g/mol. The average molecular weight is 379 g/mol. The van der Waals surface area contributed by atoms with E-state index in [-0.39, 0.29) is 23.4 Å². The van der Waals surface area contributed by atoms with Gasteiger partial charge in [0.1, 0.15) is 0 Å². The number of likely N-dealkylation sites (tertiary alicyclic amines) is 1. The van der Waals surface area contributed by atoms with Crippen LogP contribution in [0, 0.1) is 11.7 Å². The Morgan fingerprint density at radius 2 is 2.00 bits per heavy atom. The Morgan fingerprint density at radius 3 is 2.75 bits per heavy atom. The first-order valence-electron chi connectivity index (χ1n) is 9.47. The van der Waals surface area contributed by atoms with Crippen LogP contribution < -0.4 is 4.74 Å². The van der Waals surface area contributed by atoms with Crippen LogP contribution in [0.1, 0.15) is 23.2 Å². The van der Waals surface area contributed by atoms with Gasteiger partial charge in [-0.05, 0) is 48.7 Å². The Bertz CT molecular complexity index is 925. The summed E-state index contributed by atoms with van der Waals surface area (Å²) in [4.78, 5) is 14.7. The van der Waals surface area contributed by atoms with Gasteiger partial charge in [0.2, 0.25) is 0 Å². The molecule has 0 spiro atoms. The molecule has 1 amide bonds. The lowest BCUT2D eigenvalue weighted by Crippen LogP contribution is -2.41. The number of benzene rings is 2. The number of aromatic nitrogens is 2. The van der Waals surface area contributed by atoms with E-state index in [9.17, 15) is 9.18 Å². The van der Waals surface area contributed by atoms with Crippen LogP contribution in [0.5, 0.6) is 5.75 Å². The molecule has 0 unspecified atom stereocenters. The molecule has 144 valence electrons. The van der Waals surface area contributed by atoms with Crippen molar-refractivity contribution < 1.29 is 13.9 Å². The van der Waals surface area contributed by atoms with Crippen molar-refractivity contribution in [2.24, 2.45) is 5.92 Å². The minimum absolute atomic E-state index is 0.0201. The molecule has 28 heavy (non-hydrogen) atoms. The largest absolute Gasteiger partial charge is 0.490 e. The minimum atomic E-state index is -0.358. The van der Waals surface area contributed by atoms with Gasteiger partial charge in [0.25, 0.3) is 5.91 Å². The number of para-hydroxylation sites is 1. The summed E-state index contributed by atoms with van der Waals surface area (Å²) in [5.74, 6) is 0.122. The summed E-state index contributed by atoms with van der Waals surface area (Å²) < 4.78 is 19.4. The standard InChI is InChI=1S/C22H22FN3O2/c23-19-5-1-2-6-21(19)28-15-16-4-3-13-26(14-16)22(27)18-9-7-17(8-10-18)20-11-12-24-25-20/h1-2,5-12,16H,3-4,13-15H2,(H,24,25)/t16-/m1/s1. The van der Waals surface area contributed by atoms with E-state index in [1.54, 1.807) is 24.4 Å². The van der Waals surface area contributed by atoms with Gasteiger partial charge in [-0.15, -0.1) is 0 Å². The van der Waals surface area contributed by atoms with E-state index < -0.39 is 0 Å². The summed E-state index contributed by atoms with van der Waals surface area (Å²) in [7, 11) is 0. The zero-order chi connectivity index (χ0) is 19.3. The van der Waals surface area contributed by atoms with Gasteiger partial charge in [-0.2, -0.15) is 5.10 Å². The number of carbonyl (C=O) groups excluding carboxylic acids is 1. The maximum absolute atomic E-state index is 13.7. The highest BCUT2D eigenvalue weighted by molar-refractivity contribution is 5.94. The van der Waals surface area contributed by atoms with Gasteiger partial charge in [-0.3, -0.25) is 9.89 Å². The van der Waals surface area contributed by atoms with E-state index in [0.717, 1.165) is 30.6 Å². The number of nitrogens with one attached hydrogen (secondary N) is 1. The van der Waals surface area contributed by atoms with Gasteiger partial charge in [-0.25, -0.2) is 4.39 Å². The normalized spacial score (nSPS) is 16.8. The zero-order valence-corrected chi connectivity index (χ0v) is 15.5. The summed E-state index contributed by atoms with van der Waals surface area (Å²) in [5.41, 5.74) is 2.57. The molecule has 4 rings (SSSR count). The average Bonchev–Trinajstić information content (AvgIpc) is 3.28. The van der Waals surface area contributed by atoms with Gasteiger partial charge in [0.05, 0.1) is 12.3 Å². The predicted molar refractivity (Wildman–Crippen MR) is 105 cm³/mol. The summed E-state index contributed by atoms with van der Waals surface area (Å²) in [5, 5.41) is 6.86. The fourth-order valence-electron chi connectivity index (χ4n) is 3.55. The number of hydrogen-bond donors (Lipinski definition) is 1. The number of aromatic amines is 1. The lowest BCUT2D eigenvalue weighted by atomic mass is 9.98. The summed E-state index contributed by atoms with van der Waals surface area (Å²) in [6, 6.07) is 15.8. The molecule has 0 aliphatic carbocycles. The second-order valence-corrected chi connectivity index (χ2v) is 7.05. The van der Waals surface area contributed by atoms with Crippen molar-refractivity contribution in [1.82, 2.24) is 15.1 Å². The number of H-pyrrole nitrogens is 1. The molecule has 1 saturated heterocycles. The Morgan fingerprint density at radius 1 is 1.18 bits per heavy atom. The first-order valence-corrected chi connectivity index (χ1v) is 9.47. The molecule has 0 bridgehead atoms. The molecule has 0 saturated carbocycles. The van der Waals surface area contributed by atoms with Crippen molar-refractivity contribution in [3.05, 3.63) is 72.2 Å². The van der Waals surface area contributed by atoms with E-state index in [0.29, 0.717) is 18.7 Å². The molecule has 0 radical (unpaired) electrons. The van der Waals surface area contributed by atoms with E-state index in [1.807, 2.05) is 35.2 Å². The molecular weight excluding hydrogens is 357 g/mol. The van der Waals surface area contributed by atoms with Gasteiger partial charge in [0, 0.05) is 30.8 Å². The van der Waals surface area contributed by atoms with E-state index >= 15 is 0 Å². The van der Waals surface area contributed by atoms with Crippen LogP contribution in [0.15, 0.2) is 60.8 Å². The predicted octanol–water partition coefficient (Wildman–Crippen LogP) is 4.15. The Kier molecular flexibility index (Phi) is 5.37. The molecule has 1 aliphatic heterocycles. The van der Waals surface area contributed by atoms with Crippen molar-refractivity contribution in [3.63, 3.8) is 0 Å². The van der Waals surface area contributed by atoms with Crippen LogP contribution in [-0.4, -0.2) is 40.7 Å². The van der Waals surface area contributed by atoms with Crippen LogP contribution in [0.4, 0.5) is 4.39 Å². The topological polar surface area (TPSA) is 58.2 Å². The van der Waals surface area contributed by atoms with E-state index in [4.69, 9.17) is 4.74 Å². The number of rotatable bonds is 5. The van der Waals surface area contributed by atoms with Crippen molar-refractivity contribution in [3.8, 4) is 17.0 Å². The van der Waals surface area contributed by atoms with Crippen LogP contribution in [0.3, 0.4) is 0 Å². The summed E-state index contributed by atoms with van der Waals surface area (Å²) >= 11 is 0. The minimum Gasteiger partial charge on any atom is -0.490 e. The molecule has 5 nitrogen and oxygen atoms in total. The fraction of sp³-hybridized carbons (Fsp3) is 0.273. The van der Waals surface area contributed by atoms with E-state index in [2.05, 4.69) is 10.2 Å². The first kappa shape index (κ1) is 18.2. The zero-order valence-electron chi connectivity index (χ0n) is 15.5. The second-order valence-electron chi connectivity index (χ2n) is 7.05. The first-order chi connectivity index (χ1) is 13.7. The van der Waals surface area contributed by atoms with E-state index in [1.165, 1.54) is 6.07 Å². The third kappa shape index (κ3) is 4.06. The molecule has 1 fully saturated rings. The van der Waals surface area contributed by atoms with Gasteiger partial charge in [-0.1, -0.05) is 24.3 Å². The lowest BCUT2D eigenvalue weighted by Gasteiger charge is -2.32. The smallest absolute Gasteiger partial charge is 0.253 e. The van der Waals surface area contributed by atoms with Crippen molar-refractivity contribution >= 4 is 5.91 Å². The summed E-state index contributed by atoms with van der Waals surface area (Å²) in [6.07, 6.45) is 3.59. The number of carbonyl (C=O) groups is 1. The van der Waals surface area contributed by atoms with Gasteiger partial charge >= 0.3 is 0 Å². The molecule has 1 N–H and O–H groups in total. The molecule has 6 heteroatoms. The molecule has 2 heterocycles. The molecule has 1 aliphatic rings. The molecule has 2 aromatic carbocycles. The highest BCUT2D eigenvalue weighted by atomic mass is 19.1. The fourth-order valence-corrected chi connectivity index (χ4v) is 3.55. The molecule has 1 aromatic heterocycles. The van der Waals surface area contributed by atoms with Gasteiger partial charge in [0.15, 0.2) is 11.6 Å². The quantitative estimate of drug-likeness (QED) is 0.725. The van der Waals surface area contributed by atoms with Crippen molar-refractivity contribution in [2.45, 2.75) is 12.8 Å². The van der Waals surface area contributed by atoms with Gasteiger partial charge < -0.3 is 9.64 Å². The third-order valence-corrected chi connectivity index (χ3v) is 5.06. The Balaban J connectivity index is 1.37. The number of hydrogen-bond acceptors (Lipinski definition) is 3. The van der Waals surface area contributed by atoms with Crippen molar-refractivity contribution in [2.75, 3.05) is 19.7 Å². The molecule has 1 atom stereocenters. The Hall–Kier alpha value is -3.15. The maximum Gasteiger partial charge on any atom is 0.253 e. The van der Waals surface area contributed by atoms with Crippen LogP contribution in [0.2, 0.25) is 0 Å². The summed E-state index contributed by atoms with van der Waals surface area (Å²) in [6.45, 7) is 1.76. The van der Waals surface area contributed by atoms with Crippen LogP contribution in [0.25, 0.3) is 11.3 Å². The number of piperidine rings is 1. The lowest BCUT2D eigenvalue weighted by molar-refractivity contribution is 0.0631. The third-order valence-electron chi connectivity index (χ3n) is 5.06. The number of nitrogens with zero attached hydrogens (tertiary/aromatic N) is 2. The van der Waals surface area contributed by atoms with Crippen molar-refractivity contribution in [1.29, 1.82) is 0 Å².